The van der Waals surface area contributed by atoms with Gasteiger partial charge in [0.15, 0.2) is 0 Å². The summed E-state index contributed by atoms with van der Waals surface area (Å²) in [6.07, 6.45) is 0. The van der Waals surface area contributed by atoms with Gasteiger partial charge in [-0.2, -0.15) is 4.98 Å². The molecule has 1 N–H and O–H groups in total. The van der Waals surface area contributed by atoms with Crippen LogP contribution in [0.4, 0.5) is 5.69 Å². The number of hydrogen-bond donors (Lipinski definition) is 1. The van der Waals surface area contributed by atoms with Crippen LogP contribution in [0.2, 0.25) is 0 Å². The van der Waals surface area contributed by atoms with Crippen LogP contribution in [0.25, 0.3) is 5.78 Å². The molecule has 2 heterocycles. The van der Waals surface area contributed by atoms with Crippen LogP contribution in [0.3, 0.4) is 0 Å². The maximum atomic E-state index is 12.1. The molecule has 3 rings (SSSR count). The second-order valence-corrected chi connectivity index (χ2v) is 6.72. The van der Waals surface area contributed by atoms with Gasteiger partial charge in [-0.3, -0.25) is 4.79 Å². The van der Waals surface area contributed by atoms with Crippen LogP contribution < -0.4 is 5.32 Å². The van der Waals surface area contributed by atoms with Crippen molar-refractivity contribution in [1.29, 1.82) is 0 Å². The number of anilines is 1. The fraction of sp³-hybridized carbons (Fsp3) is 0.294. The molecule has 2 aromatic heterocycles. The molecule has 0 spiro atoms. The first-order valence-electron chi connectivity index (χ1n) is 7.63. The lowest BCUT2D eigenvalue weighted by Crippen LogP contribution is -2.14. The van der Waals surface area contributed by atoms with E-state index in [0.717, 1.165) is 22.6 Å². The predicted molar refractivity (Wildman–Crippen MR) is 95.5 cm³/mol. The number of aromatic nitrogens is 4. The van der Waals surface area contributed by atoms with Gasteiger partial charge in [0.2, 0.25) is 11.1 Å². The number of hydrogen-bond acceptors (Lipinski definition) is 5. The first kappa shape index (κ1) is 16.4. The van der Waals surface area contributed by atoms with E-state index in [1.807, 2.05) is 52.0 Å². The molecule has 0 aliphatic heterocycles. The van der Waals surface area contributed by atoms with E-state index < -0.39 is 0 Å². The van der Waals surface area contributed by atoms with Gasteiger partial charge in [0.1, 0.15) is 0 Å². The number of amides is 1. The summed E-state index contributed by atoms with van der Waals surface area (Å²) in [6.45, 7) is 7.95. The lowest BCUT2D eigenvalue weighted by Gasteiger charge is -2.06. The lowest BCUT2D eigenvalue weighted by atomic mass is 10.1. The molecule has 0 aliphatic rings. The molecule has 0 radical (unpaired) electrons. The topological polar surface area (TPSA) is 72.2 Å². The Bertz CT molecular complexity index is 919. The molecule has 3 aromatic rings. The first-order valence-corrected chi connectivity index (χ1v) is 8.62. The minimum absolute atomic E-state index is 0.0806. The number of thioether (sulfide) groups is 1. The standard InChI is InChI=1S/C17H19N5OS/c1-10-5-6-14(7-11(10)2)19-15(23)9-24-17-20-16-18-12(3)8-13(4)22(16)21-17/h5-8H,9H2,1-4H3,(H,19,23). The molecular formula is C17H19N5OS. The second kappa shape index (κ2) is 6.60. The highest BCUT2D eigenvalue weighted by molar-refractivity contribution is 7.99. The Morgan fingerprint density at radius 1 is 1.12 bits per heavy atom. The van der Waals surface area contributed by atoms with E-state index in [0.29, 0.717) is 10.9 Å². The summed E-state index contributed by atoms with van der Waals surface area (Å²) in [5, 5.41) is 7.83. The number of carbonyl (C=O) groups excluding carboxylic acids is 1. The Morgan fingerprint density at radius 2 is 1.92 bits per heavy atom. The molecule has 0 unspecified atom stereocenters. The average molecular weight is 341 g/mol. The highest BCUT2D eigenvalue weighted by Gasteiger charge is 2.11. The van der Waals surface area contributed by atoms with Crippen LogP contribution in [-0.4, -0.2) is 31.2 Å². The molecule has 6 nitrogen and oxygen atoms in total. The van der Waals surface area contributed by atoms with E-state index in [1.165, 1.54) is 17.3 Å². The highest BCUT2D eigenvalue weighted by atomic mass is 32.2. The van der Waals surface area contributed by atoms with Crippen molar-refractivity contribution in [2.75, 3.05) is 11.1 Å². The Labute approximate surface area is 144 Å². The van der Waals surface area contributed by atoms with Gasteiger partial charge < -0.3 is 5.32 Å². The summed E-state index contributed by atoms with van der Waals surface area (Å²) in [4.78, 5) is 20.8. The normalized spacial score (nSPS) is 11.0. The number of fused-ring (bicyclic) bond motifs is 1. The van der Waals surface area contributed by atoms with Crippen molar-refractivity contribution in [3.05, 3.63) is 46.8 Å². The number of nitrogens with zero attached hydrogens (tertiary/aromatic N) is 4. The summed E-state index contributed by atoms with van der Waals surface area (Å²) in [5.41, 5.74) is 5.03. The SMILES string of the molecule is Cc1cc(C)n2nc(SCC(=O)Nc3ccc(C)c(C)c3)nc2n1. The Kier molecular flexibility index (Phi) is 4.53. The van der Waals surface area contributed by atoms with Crippen molar-refractivity contribution in [3.63, 3.8) is 0 Å². The molecule has 7 heteroatoms. The van der Waals surface area contributed by atoms with Crippen molar-refractivity contribution >= 4 is 29.1 Å². The van der Waals surface area contributed by atoms with Crippen LogP contribution in [-0.2, 0) is 4.79 Å². The van der Waals surface area contributed by atoms with Crippen molar-refractivity contribution in [3.8, 4) is 0 Å². The highest BCUT2D eigenvalue weighted by Crippen LogP contribution is 2.17. The minimum atomic E-state index is -0.0806. The van der Waals surface area contributed by atoms with Gasteiger partial charge in [0, 0.05) is 17.1 Å². The summed E-state index contributed by atoms with van der Waals surface area (Å²) in [5.74, 6) is 0.731. The predicted octanol–water partition coefficient (Wildman–Crippen LogP) is 3.09. The van der Waals surface area contributed by atoms with Crippen molar-refractivity contribution < 1.29 is 4.79 Å². The van der Waals surface area contributed by atoms with Crippen molar-refractivity contribution in [2.24, 2.45) is 0 Å². The molecule has 1 amide bonds. The van der Waals surface area contributed by atoms with Crippen molar-refractivity contribution in [1.82, 2.24) is 19.6 Å². The zero-order chi connectivity index (χ0) is 17.3. The molecule has 0 saturated heterocycles. The number of aryl methyl sites for hydroxylation is 4. The van der Waals surface area contributed by atoms with Gasteiger partial charge in [-0.1, -0.05) is 17.8 Å². The zero-order valence-corrected chi connectivity index (χ0v) is 14.9. The van der Waals surface area contributed by atoms with Crippen LogP contribution in [0.15, 0.2) is 29.4 Å². The zero-order valence-electron chi connectivity index (χ0n) is 14.1. The van der Waals surface area contributed by atoms with E-state index in [1.54, 1.807) is 4.52 Å². The first-order chi connectivity index (χ1) is 11.4. The summed E-state index contributed by atoms with van der Waals surface area (Å²) in [6, 6.07) is 7.82. The fourth-order valence-electron chi connectivity index (χ4n) is 2.36. The molecule has 1 aromatic carbocycles. The Balaban J connectivity index is 1.65. The van der Waals surface area contributed by atoms with Gasteiger partial charge in [-0.25, -0.2) is 9.50 Å². The van der Waals surface area contributed by atoms with Crippen LogP contribution in [0.5, 0.6) is 0 Å². The van der Waals surface area contributed by atoms with Gasteiger partial charge in [-0.05, 0) is 57.0 Å². The third-order valence-corrected chi connectivity index (χ3v) is 4.56. The number of rotatable bonds is 4. The molecular weight excluding hydrogens is 322 g/mol. The van der Waals surface area contributed by atoms with Gasteiger partial charge >= 0.3 is 0 Å². The third-order valence-electron chi connectivity index (χ3n) is 3.72. The van der Waals surface area contributed by atoms with Gasteiger partial charge in [0.25, 0.3) is 5.78 Å². The Hall–Kier alpha value is -2.41. The van der Waals surface area contributed by atoms with Gasteiger partial charge in [0.05, 0.1) is 5.75 Å². The van der Waals surface area contributed by atoms with Crippen LogP contribution >= 0.6 is 11.8 Å². The summed E-state index contributed by atoms with van der Waals surface area (Å²) >= 11 is 1.30. The van der Waals surface area contributed by atoms with E-state index in [9.17, 15) is 4.79 Å². The number of carbonyl (C=O) groups is 1. The maximum absolute atomic E-state index is 12.1. The molecule has 124 valence electrons. The smallest absolute Gasteiger partial charge is 0.253 e. The Morgan fingerprint density at radius 3 is 2.67 bits per heavy atom. The molecule has 0 saturated carbocycles. The van der Waals surface area contributed by atoms with E-state index in [2.05, 4.69) is 20.4 Å². The number of benzene rings is 1. The summed E-state index contributed by atoms with van der Waals surface area (Å²) in [7, 11) is 0. The van der Waals surface area contributed by atoms with Gasteiger partial charge in [-0.15, -0.1) is 5.10 Å². The molecule has 24 heavy (non-hydrogen) atoms. The largest absolute Gasteiger partial charge is 0.325 e. The third kappa shape index (κ3) is 3.56. The van der Waals surface area contributed by atoms with Crippen LogP contribution in [0.1, 0.15) is 22.5 Å². The molecule has 0 atom stereocenters. The molecule has 0 aliphatic carbocycles. The monoisotopic (exact) mass is 341 g/mol. The van der Waals surface area contributed by atoms with E-state index >= 15 is 0 Å². The van der Waals surface area contributed by atoms with Crippen LogP contribution in [0, 0.1) is 27.7 Å². The quantitative estimate of drug-likeness (QED) is 0.738. The number of nitrogens with one attached hydrogen (secondary N) is 1. The fourth-order valence-corrected chi connectivity index (χ4v) is 2.97. The second-order valence-electron chi connectivity index (χ2n) is 5.78. The average Bonchev–Trinajstić information content (AvgIpc) is 2.92. The summed E-state index contributed by atoms with van der Waals surface area (Å²) < 4.78 is 1.69. The lowest BCUT2D eigenvalue weighted by molar-refractivity contribution is -0.113. The molecule has 0 fully saturated rings. The maximum Gasteiger partial charge on any atom is 0.253 e. The van der Waals surface area contributed by atoms with E-state index in [4.69, 9.17) is 0 Å². The minimum Gasteiger partial charge on any atom is -0.325 e. The van der Waals surface area contributed by atoms with E-state index in [-0.39, 0.29) is 11.7 Å². The van der Waals surface area contributed by atoms with Crippen molar-refractivity contribution in [2.45, 2.75) is 32.9 Å². The molecule has 0 bridgehead atoms.